The highest BCUT2D eigenvalue weighted by molar-refractivity contribution is 7.47. The third-order valence-electron chi connectivity index (χ3n) is 10.5. The van der Waals surface area contributed by atoms with Crippen molar-refractivity contribution in [1.82, 2.24) is 5.32 Å². The number of allylic oxidation sites excluding steroid dienone is 17. The van der Waals surface area contributed by atoms with Crippen molar-refractivity contribution in [3.63, 3.8) is 0 Å². The van der Waals surface area contributed by atoms with Crippen molar-refractivity contribution in [1.29, 1.82) is 0 Å². The number of aliphatic hydroxyl groups is 1. The summed E-state index contributed by atoms with van der Waals surface area (Å²) in [7, 11) is 1.52. The van der Waals surface area contributed by atoms with Crippen LogP contribution in [-0.4, -0.2) is 73.4 Å². The van der Waals surface area contributed by atoms with Crippen LogP contribution in [0.4, 0.5) is 0 Å². The highest BCUT2D eigenvalue weighted by Crippen LogP contribution is 2.43. The number of likely N-dealkylation sites (N-methyl/N-ethyl adjacent to an activating group) is 1. The number of hydrogen-bond donors (Lipinski definition) is 3. The number of nitrogens with one attached hydrogen (secondary N) is 1. The number of amides is 1. The highest BCUT2D eigenvalue weighted by atomic mass is 31.2. The first kappa shape index (κ1) is 61.2. The SMILES string of the molecule is CC/C=C\C/C=C\C/C=C\C/C=C\C/C=C\C/C=C\CCCCCCCCC(=O)NC(COP(=O)(O)OCC[N+](C)(C)C)C(O)/C=C/CC/C=C/CC/C=C/CCCCCCCCC. The Balaban J connectivity index is 4.44. The summed E-state index contributed by atoms with van der Waals surface area (Å²) in [4.78, 5) is 23.2. The molecule has 0 fully saturated rings. The lowest BCUT2D eigenvalue weighted by Gasteiger charge is -2.25. The molecule has 0 aliphatic carbocycles. The second-order valence-electron chi connectivity index (χ2n) is 17.8. The van der Waals surface area contributed by atoms with Gasteiger partial charge in [-0.25, -0.2) is 4.57 Å². The summed E-state index contributed by atoms with van der Waals surface area (Å²) < 4.78 is 23.6. The third kappa shape index (κ3) is 47.1. The highest BCUT2D eigenvalue weighted by Gasteiger charge is 2.27. The third-order valence-corrected chi connectivity index (χ3v) is 11.4. The maximum atomic E-state index is 12.9. The molecular weight excluding hydrogens is 816 g/mol. The summed E-state index contributed by atoms with van der Waals surface area (Å²) in [6.07, 6.45) is 65.9. The Morgan fingerprint density at radius 1 is 0.547 bits per heavy atom. The summed E-state index contributed by atoms with van der Waals surface area (Å²) in [6, 6.07) is -0.886. The lowest BCUT2D eigenvalue weighted by Crippen LogP contribution is -2.45. The van der Waals surface area contributed by atoms with Gasteiger partial charge in [0.2, 0.25) is 5.91 Å². The second kappa shape index (κ2) is 45.3. The molecule has 3 unspecified atom stereocenters. The lowest BCUT2D eigenvalue weighted by molar-refractivity contribution is -0.870. The van der Waals surface area contributed by atoms with E-state index in [0.29, 0.717) is 17.4 Å². The molecule has 0 aromatic rings. The molecule has 0 saturated carbocycles. The maximum absolute atomic E-state index is 12.9. The molecule has 0 rings (SSSR count). The Morgan fingerprint density at radius 3 is 1.44 bits per heavy atom. The first-order valence-corrected chi connectivity index (χ1v) is 26.8. The average Bonchev–Trinajstić information content (AvgIpc) is 3.25. The van der Waals surface area contributed by atoms with Crippen molar-refractivity contribution in [3.8, 4) is 0 Å². The number of unbranched alkanes of at least 4 members (excludes halogenated alkanes) is 15. The number of phosphoric ester groups is 1. The van der Waals surface area contributed by atoms with Gasteiger partial charge in [-0.2, -0.15) is 0 Å². The summed E-state index contributed by atoms with van der Waals surface area (Å²) in [5.74, 6) is -0.211. The minimum atomic E-state index is -4.37. The van der Waals surface area contributed by atoms with Crippen molar-refractivity contribution in [2.24, 2.45) is 0 Å². The fourth-order valence-corrected chi connectivity index (χ4v) is 7.22. The van der Waals surface area contributed by atoms with Crippen molar-refractivity contribution in [2.75, 3.05) is 40.9 Å². The molecule has 0 aromatic carbocycles. The van der Waals surface area contributed by atoms with Crippen LogP contribution in [0, 0.1) is 0 Å². The summed E-state index contributed by atoms with van der Waals surface area (Å²) in [6.45, 7) is 4.63. The molecule has 1 amide bonds. The Kier molecular flexibility index (Phi) is 43.3. The van der Waals surface area contributed by atoms with E-state index in [1.807, 2.05) is 27.2 Å². The summed E-state index contributed by atoms with van der Waals surface area (Å²) >= 11 is 0. The fraction of sp³-hybridized carbons (Fsp3) is 0.655. The molecule has 0 spiro atoms. The van der Waals surface area contributed by atoms with E-state index >= 15 is 0 Å². The van der Waals surface area contributed by atoms with Crippen LogP contribution >= 0.6 is 7.82 Å². The number of carbonyl (C=O) groups excluding carboxylic acids is 1. The van der Waals surface area contributed by atoms with Crippen LogP contribution in [0.5, 0.6) is 0 Å². The minimum Gasteiger partial charge on any atom is -0.387 e. The zero-order chi connectivity index (χ0) is 47.1. The van der Waals surface area contributed by atoms with Gasteiger partial charge in [0.25, 0.3) is 0 Å². The van der Waals surface area contributed by atoms with Crippen molar-refractivity contribution in [2.45, 2.75) is 193 Å². The van der Waals surface area contributed by atoms with Gasteiger partial charge in [-0.15, -0.1) is 0 Å². The average molecular weight is 912 g/mol. The maximum Gasteiger partial charge on any atom is 0.472 e. The van der Waals surface area contributed by atoms with Gasteiger partial charge < -0.3 is 19.8 Å². The molecular formula is C55H96N2O6P+. The molecule has 8 nitrogen and oxygen atoms in total. The molecule has 0 saturated heterocycles. The summed E-state index contributed by atoms with van der Waals surface area (Å²) in [5, 5.41) is 13.8. The van der Waals surface area contributed by atoms with E-state index in [2.05, 4.69) is 116 Å². The van der Waals surface area contributed by atoms with Crippen LogP contribution in [-0.2, 0) is 18.4 Å². The van der Waals surface area contributed by atoms with Gasteiger partial charge in [0.15, 0.2) is 0 Å². The molecule has 0 radical (unpaired) electrons. The van der Waals surface area contributed by atoms with E-state index in [9.17, 15) is 19.4 Å². The van der Waals surface area contributed by atoms with Crippen LogP contribution in [0.2, 0.25) is 0 Å². The van der Waals surface area contributed by atoms with E-state index in [1.54, 1.807) is 6.08 Å². The van der Waals surface area contributed by atoms with Gasteiger partial charge in [0.05, 0.1) is 39.9 Å². The molecule has 64 heavy (non-hydrogen) atoms. The first-order chi connectivity index (χ1) is 31.0. The molecule has 0 heterocycles. The predicted molar refractivity (Wildman–Crippen MR) is 276 cm³/mol. The topological polar surface area (TPSA) is 105 Å². The second-order valence-corrected chi connectivity index (χ2v) is 19.2. The van der Waals surface area contributed by atoms with Gasteiger partial charge in [-0.3, -0.25) is 13.8 Å². The monoisotopic (exact) mass is 912 g/mol. The van der Waals surface area contributed by atoms with E-state index in [4.69, 9.17) is 9.05 Å². The van der Waals surface area contributed by atoms with Crippen LogP contribution in [0.3, 0.4) is 0 Å². The van der Waals surface area contributed by atoms with Crippen LogP contribution in [0.1, 0.15) is 181 Å². The molecule has 0 aromatic heterocycles. The number of carbonyl (C=O) groups is 1. The molecule has 3 atom stereocenters. The van der Waals surface area contributed by atoms with Gasteiger partial charge in [0.1, 0.15) is 13.2 Å². The number of phosphoric acid groups is 1. The molecule has 0 aliphatic rings. The molecule has 3 N–H and O–H groups in total. The normalized spacial score (nSPS) is 15.0. The number of nitrogens with zero attached hydrogens (tertiary/aromatic N) is 1. The zero-order valence-electron chi connectivity index (χ0n) is 41.5. The lowest BCUT2D eigenvalue weighted by atomic mass is 10.1. The van der Waals surface area contributed by atoms with Gasteiger partial charge in [-0.05, 0) is 96.3 Å². The molecule has 366 valence electrons. The van der Waals surface area contributed by atoms with Crippen molar-refractivity contribution >= 4 is 13.7 Å². The molecule has 9 heteroatoms. The van der Waals surface area contributed by atoms with Gasteiger partial charge >= 0.3 is 7.82 Å². The summed E-state index contributed by atoms with van der Waals surface area (Å²) in [5.41, 5.74) is 0. The van der Waals surface area contributed by atoms with E-state index < -0.39 is 20.0 Å². The molecule has 0 aliphatic heterocycles. The van der Waals surface area contributed by atoms with Crippen molar-refractivity contribution in [3.05, 3.63) is 109 Å². The number of quaternary nitrogens is 1. The smallest absolute Gasteiger partial charge is 0.387 e. The Labute approximate surface area is 393 Å². The quantitative estimate of drug-likeness (QED) is 0.0243. The van der Waals surface area contributed by atoms with Crippen LogP contribution in [0.25, 0.3) is 0 Å². The Morgan fingerprint density at radius 2 is 0.953 bits per heavy atom. The number of rotatable bonds is 44. The van der Waals surface area contributed by atoms with Gasteiger partial charge in [-0.1, -0.05) is 187 Å². The van der Waals surface area contributed by atoms with Gasteiger partial charge in [0, 0.05) is 6.42 Å². The standard InChI is InChI=1S/C55H95N2O6P/c1-6-8-10-12-14-16-18-20-22-24-25-26-27-28-29-30-31-33-35-37-39-41-43-45-47-49-55(59)56-53(52-63-64(60,61)62-51-50-57(3,4)5)54(58)48-46-44-42-40-38-36-34-32-23-21-19-17-15-13-11-9-7-2/h8,10,14,16,20,22-23,25-26,28-29,31-33,38,40,46,48,53-54,58H,6-7,9,11-13,15,17-19,21,24,27,30,34-37,39,41-45,47,49-52H2,1-5H3,(H-,56,59,60,61)/p+1/b10-8-,16-14-,22-20-,26-25-,29-28-,32-23+,33-31-,40-38+,48-46+. The number of hydrogen-bond acceptors (Lipinski definition) is 5. The van der Waals surface area contributed by atoms with Crippen LogP contribution < -0.4 is 5.32 Å². The zero-order valence-corrected chi connectivity index (χ0v) is 42.4. The minimum absolute atomic E-state index is 0.0440. The van der Waals surface area contributed by atoms with Crippen molar-refractivity contribution < 1.29 is 32.9 Å². The van der Waals surface area contributed by atoms with E-state index in [1.165, 1.54) is 57.8 Å². The van der Waals surface area contributed by atoms with E-state index in [-0.39, 0.29) is 19.1 Å². The molecule has 0 bridgehead atoms. The Bertz CT molecular complexity index is 1400. The Hall–Kier alpha value is -2.84. The first-order valence-electron chi connectivity index (χ1n) is 25.3. The largest absolute Gasteiger partial charge is 0.472 e. The number of aliphatic hydroxyl groups excluding tert-OH is 1. The fourth-order valence-electron chi connectivity index (χ4n) is 6.49. The van der Waals surface area contributed by atoms with Crippen LogP contribution in [0.15, 0.2) is 109 Å². The van der Waals surface area contributed by atoms with E-state index in [0.717, 1.165) is 103 Å². The predicted octanol–water partition coefficient (Wildman–Crippen LogP) is 14.9.